The zero-order valence-electron chi connectivity index (χ0n) is 11.1. The highest BCUT2D eigenvalue weighted by Crippen LogP contribution is 2.15. The number of aryl methyl sites for hydroxylation is 2. The second-order valence-electron chi connectivity index (χ2n) is 4.77. The topological polar surface area (TPSA) is 12.0 Å². The highest BCUT2D eigenvalue weighted by atomic mass is 35.5. The van der Waals surface area contributed by atoms with E-state index in [1.165, 1.54) is 5.56 Å². The van der Waals surface area contributed by atoms with E-state index in [4.69, 9.17) is 11.6 Å². The first-order chi connectivity index (χ1) is 9.06. The number of halogens is 2. The maximum atomic E-state index is 13.5. The van der Waals surface area contributed by atoms with Gasteiger partial charge in [0.15, 0.2) is 0 Å². The van der Waals surface area contributed by atoms with Crippen LogP contribution in [0.1, 0.15) is 22.3 Å². The molecule has 2 aromatic carbocycles. The summed E-state index contributed by atoms with van der Waals surface area (Å²) in [6.07, 6.45) is 0. The van der Waals surface area contributed by atoms with Crippen LogP contribution >= 0.6 is 11.6 Å². The third-order valence-electron chi connectivity index (χ3n) is 3.07. The van der Waals surface area contributed by atoms with E-state index < -0.39 is 0 Å². The van der Waals surface area contributed by atoms with Crippen molar-refractivity contribution in [2.75, 3.05) is 0 Å². The van der Waals surface area contributed by atoms with Crippen molar-refractivity contribution in [3.8, 4) is 0 Å². The maximum absolute atomic E-state index is 13.5. The largest absolute Gasteiger partial charge is 0.309 e. The zero-order chi connectivity index (χ0) is 13.8. The normalized spacial score (nSPS) is 10.7. The van der Waals surface area contributed by atoms with Gasteiger partial charge in [-0.1, -0.05) is 35.9 Å². The minimum Gasteiger partial charge on any atom is -0.309 e. The molecule has 0 aliphatic heterocycles. The Balaban J connectivity index is 1.94. The second kappa shape index (κ2) is 6.18. The Morgan fingerprint density at radius 1 is 0.947 bits per heavy atom. The van der Waals surface area contributed by atoms with Crippen molar-refractivity contribution in [2.24, 2.45) is 0 Å². The monoisotopic (exact) mass is 277 g/mol. The van der Waals surface area contributed by atoms with Gasteiger partial charge in [-0.3, -0.25) is 0 Å². The number of hydrogen-bond acceptors (Lipinski definition) is 1. The molecule has 3 heteroatoms. The summed E-state index contributed by atoms with van der Waals surface area (Å²) in [7, 11) is 0. The van der Waals surface area contributed by atoms with Crippen molar-refractivity contribution in [3.63, 3.8) is 0 Å². The van der Waals surface area contributed by atoms with Crippen molar-refractivity contribution in [2.45, 2.75) is 26.9 Å². The molecule has 0 saturated carbocycles. The molecule has 1 N–H and O–H groups in total. The van der Waals surface area contributed by atoms with Crippen LogP contribution in [-0.2, 0) is 13.1 Å². The van der Waals surface area contributed by atoms with E-state index in [2.05, 4.69) is 5.32 Å². The van der Waals surface area contributed by atoms with E-state index in [0.29, 0.717) is 11.1 Å². The molecule has 0 radical (unpaired) electrons. The average Bonchev–Trinajstić information content (AvgIpc) is 2.38. The van der Waals surface area contributed by atoms with E-state index in [-0.39, 0.29) is 5.82 Å². The first-order valence-corrected chi connectivity index (χ1v) is 6.65. The van der Waals surface area contributed by atoms with Gasteiger partial charge < -0.3 is 5.32 Å². The van der Waals surface area contributed by atoms with Crippen LogP contribution in [0.3, 0.4) is 0 Å². The predicted molar refractivity (Wildman–Crippen MR) is 77.9 cm³/mol. The zero-order valence-corrected chi connectivity index (χ0v) is 11.9. The molecule has 0 saturated heterocycles. The highest BCUT2D eigenvalue weighted by molar-refractivity contribution is 6.30. The Morgan fingerprint density at radius 2 is 1.47 bits per heavy atom. The fourth-order valence-electron chi connectivity index (χ4n) is 2.09. The summed E-state index contributed by atoms with van der Waals surface area (Å²) >= 11 is 5.84. The number of hydrogen-bond donors (Lipinski definition) is 1. The molecule has 0 bridgehead atoms. The highest BCUT2D eigenvalue weighted by Gasteiger charge is 2.04. The van der Waals surface area contributed by atoms with Gasteiger partial charge in [0.2, 0.25) is 0 Å². The minimum atomic E-state index is -0.110. The minimum absolute atomic E-state index is 0.110. The smallest absolute Gasteiger partial charge is 0.129 e. The summed E-state index contributed by atoms with van der Waals surface area (Å²) in [4.78, 5) is 0. The van der Waals surface area contributed by atoms with Crippen molar-refractivity contribution >= 4 is 11.6 Å². The van der Waals surface area contributed by atoms with Crippen LogP contribution in [0, 0.1) is 19.7 Å². The van der Waals surface area contributed by atoms with Crippen LogP contribution < -0.4 is 5.32 Å². The predicted octanol–water partition coefficient (Wildman–Crippen LogP) is 4.39. The van der Waals surface area contributed by atoms with Gasteiger partial charge in [-0.25, -0.2) is 4.39 Å². The number of nitrogens with one attached hydrogen (secondary N) is 1. The number of rotatable bonds is 4. The molecule has 2 aromatic rings. The van der Waals surface area contributed by atoms with E-state index in [1.807, 2.05) is 36.4 Å². The van der Waals surface area contributed by atoms with Gasteiger partial charge in [-0.2, -0.15) is 0 Å². The van der Waals surface area contributed by atoms with E-state index >= 15 is 0 Å². The molecular weight excluding hydrogens is 261 g/mol. The lowest BCUT2D eigenvalue weighted by Gasteiger charge is -2.08. The molecule has 0 heterocycles. The molecule has 0 aliphatic rings. The molecule has 2 rings (SSSR count). The summed E-state index contributed by atoms with van der Waals surface area (Å²) in [6.45, 7) is 5.09. The molecule has 0 fully saturated rings. The Hall–Kier alpha value is -1.38. The third-order valence-corrected chi connectivity index (χ3v) is 3.32. The lowest BCUT2D eigenvalue weighted by molar-refractivity contribution is 0.606. The van der Waals surface area contributed by atoms with Gasteiger partial charge in [-0.15, -0.1) is 0 Å². The van der Waals surface area contributed by atoms with Crippen LogP contribution in [0.15, 0.2) is 36.4 Å². The second-order valence-corrected chi connectivity index (χ2v) is 5.21. The van der Waals surface area contributed by atoms with Crippen molar-refractivity contribution < 1.29 is 4.39 Å². The lowest BCUT2D eigenvalue weighted by atomic mass is 10.1. The Bertz CT molecular complexity index is 540. The third kappa shape index (κ3) is 3.79. The van der Waals surface area contributed by atoms with Crippen molar-refractivity contribution in [3.05, 3.63) is 69.5 Å². The van der Waals surface area contributed by atoms with E-state index in [9.17, 15) is 4.39 Å². The van der Waals surface area contributed by atoms with Crippen LogP contribution in [0.5, 0.6) is 0 Å². The quantitative estimate of drug-likeness (QED) is 0.874. The summed E-state index contributed by atoms with van der Waals surface area (Å²) in [5.41, 5.74) is 3.68. The van der Waals surface area contributed by atoms with Crippen LogP contribution in [0.4, 0.5) is 4.39 Å². The van der Waals surface area contributed by atoms with Gasteiger partial charge in [-0.05, 0) is 48.2 Å². The Labute approximate surface area is 118 Å². The first-order valence-electron chi connectivity index (χ1n) is 6.27. The molecule has 0 spiro atoms. The van der Waals surface area contributed by atoms with Gasteiger partial charge in [0.25, 0.3) is 0 Å². The Kier molecular flexibility index (Phi) is 4.56. The average molecular weight is 278 g/mol. The molecule has 19 heavy (non-hydrogen) atoms. The molecule has 0 amide bonds. The molecule has 0 atom stereocenters. The maximum Gasteiger partial charge on any atom is 0.129 e. The lowest BCUT2D eigenvalue weighted by Crippen LogP contribution is -2.13. The summed E-state index contributed by atoms with van der Waals surface area (Å²) in [6, 6.07) is 11.5. The molecule has 0 unspecified atom stereocenters. The SMILES string of the molecule is Cc1cc(CNCc2ccc(Cl)cc2)cc(C)c1F. The molecular formula is C16H17ClFN. The Morgan fingerprint density at radius 3 is 2.05 bits per heavy atom. The number of benzene rings is 2. The van der Waals surface area contributed by atoms with Gasteiger partial charge in [0, 0.05) is 18.1 Å². The molecule has 100 valence electrons. The fourth-order valence-corrected chi connectivity index (χ4v) is 2.22. The summed E-state index contributed by atoms with van der Waals surface area (Å²) in [5.74, 6) is -0.110. The van der Waals surface area contributed by atoms with Crippen molar-refractivity contribution in [1.82, 2.24) is 5.32 Å². The molecule has 0 aliphatic carbocycles. The van der Waals surface area contributed by atoms with Crippen LogP contribution in [-0.4, -0.2) is 0 Å². The van der Waals surface area contributed by atoms with Gasteiger partial charge in [0.05, 0.1) is 0 Å². The standard InChI is InChI=1S/C16H17ClFN/c1-11-7-14(8-12(2)16(11)18)10-19-9-13-3-5-15(17)6-4-13/h3-8,19H,9-10H2,1-2H3. The van der Waals surface area contributed by atoms with E-state index in [1.54, 1.807) is 13.8 Å². The fraction of sp³-hybridized carbons (Fsp3) is 0.250. The van der Waals surface area contributed by atoms with Crippen LogP contribution in [0.2, 0.25) is 5.02 Å². The molecule has 1 nitrogen and oxygen atoms in total. The van der Waals surface area contributed by atoms with Gasteiger partial charge >= 0.3 is 0 Å². The molecule has 0 aromatic heterocycles. The first kappa shape index (κ1) is 14.0. The summed E-state index contributed by atoms with van der Waals surface area (Å²) < 4.78 is 13.5. The summed E-state index contributed by atoms with van der Waals surface area (Å²) in [5, 5.41) is 4.09. The van der Waals surface area contributed by atoms with E-state index in [0.717, 1.165) is 23.7 Å². The van der Waals surface area contributed by atoms with Gasteiger partial charge in [0.1, 0.15) is 5.82 Å². The van der Waals surface area contributed by atoms with Crippen molar-refractivity contribution in [1.29, 1.82) is 0 Å². The van der Waals surface area contributed by atoms with Crippen LogP contribution in [0.25, 0.3) is 0 Å².